The zero-order valence-corrected chi connectivity index (χ0v) is 13.0. The minimum Gasteiger partial charge on any atom is -0.274 e. The molecule has 3 amide bonds. The minimum absolute atomic E-state index is 0.0518. The Kier molecular flexibility index (Phi) is 3.99. The Balaban J connectivity index is 1.90. The van der Waals surface area contributed by atoms with E-state index in [0.717, 1.165) is 10.5 Å². The molecule has 4 heteroatoms. The standard InChI is InChI=1S/C19H19NO3/c1-3-14-11-15(10-9-13-7-5-4-6-8-13)17-16(14)18(22)20(12(2)21)19(17)23/h3-10,14-17H,1,11H2,2H3/b10-9-. The van der Waals surface area contributed by atoms with Gasteiger partial charge in [-0.15, -0.1) is 6.58 Å². The van der Waals surface area contributed by atoms with Crippen LogP contribution in [0.15, 0.2) is 49.1 Å². The second-order valence-electron chi connectivity index (χ2n) is 6.15. The fourth-order valence-corrected chi connectivity index (χ4v) is 3.77. The highest BCUT2D eigenvalue weighted by molar-refractivity contribution is 6.17. The van der Waals surface area contributed by atoms with Crippen LogP contribution in [-0.2, 0) is 14.4 Å². The number of carbonyl (C=O) groups excluding carboxylic acids is 3. The maximum Gasteiger partial charge on any atom is 0.240 e. The minimum atomic E-state index is -0.497. The molecule has 0 aromatic heterocycles. The van der Waals surface area contributed by atoms with Crippen molar-refractivity contribution in [1.82, 2.24) is 4.90 Å². The van der Waals surface area contributed by atoms with Crippen LogP contribution >= 0.6 is 0 Å². The molecule has 0 N–H and O–H groups in total. The molecule has 3 rings (SSSR count). The molecule has 2 fully saturated rings. The van der Waals surface area contributed by atoms with Gasteiger partial charge in [-0.3, -0.25) is 14.4 Å². The van der Waals surface area contributed by atoms with Crippen molar-refractivity contribution in [3.8, 4) is 0 Å². The van der Waals surface area contributed by atoms with Crippen molar-refractivity contribution in [2.24, 2.45) is 23.7 Å². The molecule has 4 atom stereocenters. The first kappa shape index (κ1) is 15.4. The summed E-state index contributed by atoms with van der Waals surface area (Å²) in [5.74, 6) is -2.24. The number of hydrogen-bond donors (Lipinski definition) is 0. The van der Waals surface area contributed by atoms with Gasteiger partial charge in [0.05, 0.1) is 11.8 Å². The average Bonchev–Trinajstić information content (AvgIpc) is 3.03. The molecule has 1 aliphatic carbocycles. The number of allylic oxidation sites excluding steroid dienone is 2. The van der Waals surface area contributed by atoms with Crippen LogP contribution in [-0.4, -0.2) is 22.6 Å². The summed E-state index contributed by atoms with van der Waals surface area (Å²) in [5.41, 5.74) is 1.05. The second kappa shape index (κ2) is 5.95. The highest BCUT2D eigenvalue weighted by Gasteiger charge is 2.58. The highest BCUT2D eigenvalue weighted by Crippen LogP contribution is 2.48. The van der Waals surface area contributed by atoms with Gasteiger partial charge >= 0.3 is 0 Å². The van der Waals surface area contributed by atoms with Crippen LogP contribution in [0.3, 0.4) is 0 Å². The quantitative estimate of drug-likeness (QED) is 0.637. The number of amides is 3. The van der Waals surface area contributed by atoms with E-state index in [1.165, 1.54) is 6.92 Å². The maximum absolute atomic E-state index is 12.5. The van der Waals surface area contributed by atoms with Crippen molar-refractivity contribution in [2.45, 2.75) is 13.3 Å². The molecule has 1 saturated carbocycles. The summed E-state index contributed by atoms with van der Waals surface area (Å²) in [7, 11) is 0. The number of likely N-dealkylation sites (tertiary alicyclic amines) is 1. The Hall–Kier alpha value is -2.49. The lowest BCUT2D eigenvalue weighted by Crippen LogP contribution is -2.37. The van der Waals surface area contributed by atoms with Gasteiger partial charge in [-0.1, -0.05) is 48.6 Å². The van der Waals surface area contributed by atoms with Crippen LogP contribution in [0.25, 0.3) is 6.08 Å². The lowest BCUT2D eigenvalue weighted by molar-refractivity contribution is -0.150. The van der Waals surface area contributed by atoms with Crippen LogP contribution in [0.2, 0.25) is 0 Å². The van der Waals surface area contributed by atoms with Gasteiger partial charge in [0.2, 0.25) is 17.7 Å². The number of nitrogens with zero attached hydrogens (tertiary/aromatic N) is 1. The van der Waals surface area contributed by atoms with Gasteiger partial charge in [0.15, 0.2) is 0 Å². The fraction of sp³-hybridized carbons (Fsp3) is 0.316. The first-order chi connectivity index (χ1) is 11.0. The van der Waals surface area contributed by atoms with E-state index in [1.54, 1.807) is 6.08 Å². The number of rotatable bonds is 3. The lowest BCUT2D eigenvalue weighted by atomic mass is 9.89. The number of fused-ring (bicyclic) bond motifs is 1. The van der Waals surface area contributed by atoms with E-state index in [9.17, 15) is 14.4 Å². The number of hydrogen-bond acceptors (Lipinski definition) is 3. The zero-order chi connectivity index (χ0) is 16.6. The summed E-state index contributed by atoms with van der Waals surface area (Å²) >= 11 is 0. The molecule has 0 radical (unpaired) electrons. The van der Waals surface area contributed by atoms with Crippen LogP contribution in [0.4, 0.5) is 0 Å². The molecular formula is C19H19NO3. The molecule has 1 saturated heterocycles. The van der Waals surface area contributed by atoms with Crippen LogP contribution in [0, 0.1) is 23.7 Å². The fourth-order valence-electron chi connectivity index (χ4n) is 3.77. The Morgan fingerprint density at radius 2 is 1.74 bits per heavy atom. The zero-order valence-electron chi connectivity index (χ0n) is 13.0. The van der Waals surface area contributed by atoms with Crippen molar-refractivity contribution in [1.29, 1.82) is 0 Å². The van der Waals surface area contributed by atoms with Gasteiger partial charge in [-0.25, -0.2) is 4.90 Å². The Bertz CT molecular complexity index is 692. The molecule has 4 nitrogen and oxygen atoms in total. The topological polar surface area (TPSA) is 54.5 Å². The normalized spacial score (nSPS) is 30.0. The number of benzene rings is 1. The predicted octanol–water partition coefficient (Wildman–Crippen LogP) is 2.67. The molecule has 1 aromatic rings. The van der Waals surface area contributed by atoms with Crippen LogP contribution < -0.4 is 0 Å². The van der Waals surface area contributed by atoms with Gasteiger partial charge in [0, 0.05) is 6.92 Å². The maximum atomic E-state index is 12.5. The second-order valence-corrected chi connectivity index (χ2v) is 6.15. The molecule has 1 heterocycles. The molecule has 4 unspecified atom stereocenters. The number of carbonyl (C=O) groups is 3. The molecule has 118 valence electrons. The Morgan fingerprint density at radius 3 is 2.30 bits per heavy atom. The van der Waals surface area contributed by atoms with Gasteiger partial charge in [-0.05, 0) is 23.8 Å². The third-order valence-corrected chi connectivity index (χ3v) is 4.82. The third kappa shape index (κ3) is 2.54. The van der Waals surface area contributed by atoms with Gasteiger partial charge in [0.25, 0.3) is 0 Å². The van der Waals surface area contributed by atoms with Crippen molar-refractivity contribution in [3.63, 3.8) is 0 Å². The largest absolute Gasteiger partial charge is 0.274 e. The summed E-state index contributed by atoms with van der Waals surface area (Å²) in [4.78, 5) is 37.4. The third-order valence-electron chi connectivity index (χ3n) is 4.82. The molecule has 0 bridgehead atoms. The van der Waals surface area contributed by atoms with Crippen LogP contribution in [0.1, 0.15) is 18.9 Å². The molecule has 2 aliphatic rings. The average molecular weight is 309 g/mol. The summed E-state index contributed by atoms with van der Waals surface area (Å²) in [6.07, 6.45) is 6.42. The number of imide groups is 3. The van der Waals surface area contributed by atoms with Crippen molar-refractivity contribution in [3.05, 3.63) is 54.6 Å². The van der Waals surface area contributed by atoms with Crippen molar-refractivity contribution < 1.29 is 14.4 Å². The van der Waals surface area contributed by atoms with Gasteiger partial charge in [-0.2, -0.15) is 0 Å². The predicted molar refractivity (Wildman–Crippen MR) is 86.8 cm³/mol. The molecule has 0 spiro atoms. The highest BCUT2D eigenvalue weighted by atomic mass is 16.2. The van der Waals surface area contributed by atoms with Gasteiger partial charge in [0.1, 0.15) is 0 Å². The molecular weight excluding hydrogens is 290 g/mol. The summed E-state index contributed by atoms with van der Waals surface area (Å²) < 4.78 is 0. The van der Waals surface area contributed by atoms with E-state index in [1.807, 2.05) is 42.5 Å². The summed E-state index contributed by atoms with van der Waals surface area (Å²) in [6.45, 7) is 5.05. The monoisotopic (exact) mass is 309 g/mol. The van der Waals surface area contributed by atoms with Crippen molar-refractivity contribution >= 4 is 23.8 Å². The van der Waals surface area contributed by atoms with E-state index in [2.05, 4.69) is 6.58 Å². The first-order valence-electron chi connectivity index (χ1n) is 7.78. The van der Waals surface area contributed by atoms with E-state index >= 15 is 0 Å². The van der Waals surface area contributed by atoms with Crippen molar-refractivity contribution in [2.75, 3.05) is 0 Å². The van der Waals surface area contributed by atoms with E-state index in [4.69, 9.17) is 0 Å². The first-order valence-corrected chi connectivity index (χ1v) is 7.78. The smallest absolute Gasteiger partial charge is 0.240 e. The SMILES string of the molecule is C=CC1CC(/C=C\c2ccccc2)C2C(=O)N(C(C)=O)C(=O)C12. The van der Waals surface area contributed by atoms with E-state index in [0.29, 0.717) is 6.42 Å². The molecule has 1 aliphatic heterocycles. The Labute approximate surface area is 135 Å². The summed E-state index contributed by atoms with van der Waals surface area (Å²) in [6, 6.07) is 9.81. The molecule has 1 aromatic carbocycles. The van der Waals surface area contributed by atoms with Gasteiger partial charge < -0.3 is 0 Å². The van der Waals surface area contributed by atoms with E-state index < -0.39 is 17.7 Å². The summed E-state index contributed by atoms with van der Waals surface area (Å²) in [5, 5.41) is 0. The molecule has 23 heavy (non-hydrogen) atoms. The lowest BCUT2D eigenvalue weighted by Gasteiger charge is -2.15. The van der Waals surface area contributed by atoms with Crippen LogP contribution in [0.5, 0.6) is 0 Å². The van der Waals surface area contributed by atoms with E-state index in [-0.39, 0.29) is 23.7 Å². The Morgan fingerprint density at radius 1 is 1.13 bits per heavy atom.